The second-order valence-electron chi connectivity index (χ2n) is 3.37. The SMILES string of the molecule is C#CCNC(=O)C(C)Sc1cc(N)ccc1Cl. The monoisotopic (exact) mass is 268 g/mol. The molecule has 0 fully saturated rings. The van der Waals surface area contributed by atoms with E-state index in [1.54, 1.807) is 25.1 Å². The highest BCUT2D eigenvalue weighted by molar-refractivity contribution is 8.00. The molecule has 3 N–H and O–H groups in total. The number of anilines is 1. The normalized spacial score (nSPS) is 11.6. The van der Waals surface area contributed by atoms with Gasteiger partial charge in [0.2, 0.25) is 5.91 Å². The Kier molecular flexibility index (Phi) is 5.20. The third-order valence-electron chi connectivity index (χ3n) is 1.99. The average molecular weight is 269 g/mol. The fourth-order valence-corrected chi connectivity index (χ4v) is 2.34. The first-order valence-electron chi connectivity index (χ1n) is 4.97. The third-order valence-corrected chi connectivity index (χ3v) is 3.59. The number of amides is 1. The van der Waals surface area contributed by atoms with Gasteiger partial charge in [-0.1, -0.05) is 17.5 Å². The fraction of sp³-hybridized carbons (Fsp3) is 0.250. The molecule has 0 aliphatic rings. The lowest BCUT2D eigenvalue weighted by Crippen LogP contribution is -2.31. The highest BCUT2D eigenvalue weighted by Crippen LogP contribution is 2.31. The molecule has 0 spiro atoms. The van der Waals surface area contributed by atoms with Crippen LogP contribution in [0.25, 0.3) is 0 Å². The van der Waals surface area contributed by atoms with Gasteiger partial charge in [0, 0.05) is 10.6 Å². The van der Waals surface area contributed by atoms with Crippen molar-refractivity contribution in [3.8, 4) is 12.3 Å². The molecule has 0 bridgehead atoms. The summed E-state index contributed by atoms with van der Waals surface area (Å²) in [6.07, 6.45) is 5.06. The van der Waals surface area contributed by atoms with E-state index in [9.17, 15) is 4.79 Å². The summed E-state index contributed by atoms with van der Waals surface area (Å²) in [6, 6.07) is 5.18. The minimum Gasteiger partial charge on any atom is -0.399 e. The number of halogens is 1. The Morgan fingerprint density at radius 3 is 3.06 bits per heavy atom. The molecule has 3 nitrogen and oxygen atoms in total. The number of rotatable bonds is 4. The first kappa shape index (κ1) is 13.8. The summed E-state index contributed by atoms with van der Waals surface area (Å²) in [5.41, 5.74) is 6.28. The van der Waals surface area contributed by atoms with Crippen LogP contribution >= 0.6 is 23.4 Å². The molecule has 1 rings (SSSR count). The van der Waals surface area contributed by atoms with Crippen molar-refractivity contribution in [2.24, 2.45) is 0 Å². The van der Waals surface area contributed by atoms with Gasteiger partial charge in [0.05, 0.1) is 16.8 Å². The Labute approximate surface area is 110 Å². The van der Waals surface area contributed by atoms with Gasteiger partial charge in [0.1, 0.15) is 0 Å². The Morgan fingerprint density at radius 2 is 2.41 bits per heavy atom. The van der Waals surface area contributed by atoms with Crippen molar-refractivity contribution in [2.75, 3.05) is 12.3 Å². The van der Waals surface area contributed by atoms with Gasteiger partial charge >= 0.3 is 0 Å². The van der Waals surface area contributed by atoms with Gasteiger partial charge in [-0.25, -0.2) is 0 Å². The van der Waals surface area contributed by atoms with Crippen LogP contribution in [0.1, 0.15) is 6.92 Å². The molecule has 90 valence electrons. The van der Waals surface area contributed by atoms with E-state index in [2.05, 4.69) is 11.2 Å². The highest BCUT2D eigenvalue weighted by Gasteiger charge is 2.15. The molecule has 0 saturated carbocycles. The van der Waals surface area contributed by atoms with Crippen LogP contribution in [0.15, 0.2) is 23.1 Å². The lowest BCUT2D eigenvalue weighted by molar-refractivity contribution is -0.120. The van der Waals surface area contributed by atoms with Gasteiger partial charge in [-0.2, -0.15) is 0 Å². The summed E-state index contributed by atoms with van der Waals surface area (Å²) in [7, 11) is 0. The maximum Gasteiger partial charge on any atom is 0.233 e. The summed E-state index contributed by atoms with van der Waals surface area (Å²) >= 11 is 7.36. The predicted octanol–water partition coefficient (Wildman–Crippen LogP) is 2.15. The van der Waals surface area contributed by atoms with E-state index in [4.69, 9.17) is 23.8 Å². The van der Waals surface area contributed by atoms with Gasteiger partial charge < -0.3 is 11.1 Å². The van der Waals surface area contributed by atoms with Crippen LogP contribution in [0.5, 0.6) is 0 Å². The van der Waals surface area contributed by atoms with Crippen molar-refractivity contribution in [3.63, 3.8) is 0 Å². The van der Waals surface area contributed by atoms with Crippen molar-refractivity contribution in [1.29, 1.82) is 0 Å². The van der Waals surface area contributed by atoms with Crippen molar-refractivity contribution >= 4 is 35.0 Å². The standard InChI is InChI=1S/C12H13ClN2OS/c1-3-6-15-12(16)8(2)17-11-7-9(14)4-5-10(11)13/h1,4-5,7-8H,6,14H2,2H3,(H,15,16). The van der Waals surface area contributed by atoms with Crippen LogP contribution in [0.2, 0.25) is 5.02 Å². The number of hydrogen-bond acceptors (Lipinski definition) is 3. The number of nitrogen functional groups attached to an aromatic ring is 1. The number of hydrogen-bond donors (Lipinski definition) is 2. The number of benzene rings is 1. The van der Waals surface area contributed by atoms with Crippen LogP contribution in [-0.2, 0) is 4.79 Å². The maximum absolute atomic E-state index is 11.6. The molecule has 0 radical (unpaired) electrons. The minimum atomic E-state index is -0.275. The smallest absolute Gasteiger partial charge is 0.233 e. The van der Waals surface area contributed by atoms with E-state index in [0.717, 1.165) is 4.90 Å². The topological polar surface area (TPSA) is 55.1 Å². The lowest BCUT2D eigenvalue weighted by Gasteiger charge is -2.12. The second kappa shape index (κ2) is 6.43. The molecule has 5 heteroatoms. The molecule has 1 amide bonds. The first-order chi connectivity index (χ1) is 8.04. The predicted molar refractivity (Wildman–Crippen MR) is 73.0 cm³/mol. The van der Waals surface area contributed by atoms with E-state index >= 15 is 0 Å². The summed E-state index contributed by atoms with van der Waals surface area (Å²) < 4.78 is 0. The number of terminal acetylenes is 1. The molecule has 0 saturated heterocycles. The van der Waals surface area contributed by atoms with Crippen molar-refractivity contribution < 1.29 is 4.79 Å². The molecular weight excluding hydrogens is 256 g/mol. The molecule has 1 unspecified atom stereocenters. The van der Waals surface area contributed by atoms with Crippen molar-refractivity contribution in [1.82, 2.24) is 5.32 Å². The van der Waals surface area contributed by atoms with E-state index in [1.165, 1.54) is 11.8 Å². The zero-order valence-corrected chi connectivity index (χ0v) is 10.9. The fourth-order valence-electron chi connectivity index (χ4n) is 1.14. The van der Waals surface area contributed by atoms with Crippen LogP contribution in [0.3, 0.4) is 0 Å². The molecule has 17 heavy (non-hydrogen) atoms. The summed E-state index contributed by atoms with van der Waals surface area (Å²) in [5, 5.41) is 2.92. The molecule has 0 heterocycles. The van der Waals surface area contributed by atoms with E-state index in [1.807, 2.05) is 0 Å². The Morgan fingerprint density at radius 1 is 1.71 bits per heavy atom. The molecular formula is C12H13ClN2OS. The largest absolute Gasteiger partial charge is 0.399 e. The maximum atomic E-state index is 11.6. The zero-order chi connectivity index (χ0) is 12.8. The molecule has 0 aliphatic heterocycles. The van der Waals surface area contributed by atoms with E-state index in [-0.39, 0.29) is 17.7 Å². The van der Waals surface area contributed by atoms with Gasteiger partial charge in [-0.3, -0.25) is 4.79 Å². The van der Waals surface area contributed by atoms with Crippen LogP contribution in [0.4, 0.5) is 5.69 Å². The molecule has 1 aromatic rings. The second-order valence-corrected chi connectivity index (χ2v) is 5.16. The van der Waals surface area contributed by atoms with Crippen LogP contribution in [-0.4, -0.2) is 17.7 Å². The third kappa shape index (κ3) is 4.22. The van der Waals surface area contributed by atoms with E-state index in [0.29, 0.717) is 10.7 Å². The molecule has 1 aromatic carbocycles. The van der Waals surface area contributed by atoms with Crippen molar-refractivity contribution in [2.45, 2.75) is 17.1 Å². The zero-order valence-electron chi connectivity index (χ0n) is 9.37. The van der Waals surface area contributed by atoms with Gasteiger partial charge in [-0.15, -0.1) is 18.2 Å². The Balaban J connectivity index is 2.67. The number of carbonyl (C=O) groups is 1. The van der Waals surface area contributed by atoms with E-state index < -0.39 is 0 Å². The average Bonchev–Trinajstić information content (AvgIpc) is 2.30. The molecule has 0 aliphatic carbocycles. The van der Waals surface area contributed by atoms with Gasteiger partial charge in [0.25, 0.3) is 0 Å². The number of thioether (sulfide) groups is 1. The minimum absolute atomic E-state index is 0.119. The summed E-state index contributed by atoms with van der Waals surface area (Å²) in [5.74, 6) is 2.23. The number of carbonyl (C=O) groups excluding carboxylic acids is 1. The van der Waals surface area contributed by atoms with Crippen LogP contribution < -0.4 is 11.1 Å². The quantitative estimate of drug-likeness (QED) is 0.500. The molecule has 1 atom stereocenters. The van der Waals surface area contributed by atoms with Gasteiger partial charge in [0.15, 0.2) is 0 Å². The Bertz CT molecular complexity index is 456. The summed E-state index contributed by atoms with van der Waals surface area (Å²) in [4.78, 5) is 12.4. The highest BCUT2D eigenvalue weighted by atomic mass is 35.5. The summed E-state index contributed by atoms with van der Waals surface area (Å²) in [6.45, 7) is 2.02. The Hall–Kier alpha value is -1.31. The van der Waals surface area contributed by atoms with Gasteiger partial charge in [-0.05, 0) is 25.1 Å². The molecule has 0 aromatic heterocycles. The lowest BCUT2D eigenvalue weighted by atomic mass is 10.3. The first-order valence-corrected chi connectivity index (χ1v) is 6.23. The van der Waals surface area contributed by atoms with Crippen molar-refractivity contribution in [3.05, 3.63) is 23.2 Å². The number of nitrogens with two attached hydrogens (primary N) is 1. The van der Waals surface area contributed by atoms with Crippen LogP contribution in [0, 0.1) is 12.3 Å². The number of nitrogens with one attached hydrogen (secondary N) is 1.